The summed E-state index contributed by atoms with van der Waals surface area (Å²) >= 11 is 0. The Morgan fingerprint density at radius 2 is 1.80 bits per heavy atom. The molecule has 5 nitrogen and oxygen atoms in total. The van der Waals surface area contributed by atoms with Crippen LogP contribution >= 0.6 is 0 Å². The van der Waals surface area contributed by atoms with Crippen LogP contribution in [0.1, 0.15) is 23.6 Å². The number of nitrogens with one attached hydrogen (secondary N) is 1. The molecule has 3 rings (SSSR count). The van der Waals surface area contributed by atoms with Crippen LogP contribution in [0.4, 0.5) is 5.69 Å². The quantitative estimate of drug-likeness (QED) is 0.919. The average Bonchev–Trinajstić information content (AvgIpc) is 2.59. The number of carbonyl (C=O) groups is 1. The molecule has 1 amide bonds. The van der Waals surface area contributed by atoms with Crippen LogP contribution in [0.5, 0.6) is 17.2 Å². The Balaban J connectivity index is 1.69. The van der Waals surface area contributed by atoms with Crippen molar-refractivity contribution >= 4 is 11.6 Å². The van der Waals surface area contributed by atoms with E-state index in [-0.39, 0.29) is 5.91 Å². The minimum Gasteiger partial charge on any atom is -0.486 e. The van der Waals surface area contributed by atoms with Crippen molar-refractivity contribution in [1.82, 2.24) is 0 Å². The van der Waals surface area contributed by atoms with Gasteiger partial charge in [0.2, 0.25) is 0 Å². The second-order valence-electron chi connectivity index (χ2n) is 6.31. The first kappa shape index (κ1) is 17.1. The molecule has 0 aromatic heterocycles. The maximum atomic E-state index is 12.5. The van der Waals surface area contributed by atoms with Crippen molar-refractivity contribution in [3.05, 3.63) is 47.0 Å². The number of anilines is 1. The highest BCUT2D eigenvalue weighted by molar-refractivity contribution is 5.94. The van der Waals surface area contributed by atoms with Gasteiger partial charge in [0, 0.05) is 11.8 Å². The Bertz CT molecular complexity index is 801. The van der Waals surface area contributed by atoms with Crippen molar-refractivity contribution in [2.24, 2.45) is 0 Å². The SMILES string of the molecule is Cc1cc(C)c(C)c(O[C@H](C)C(=O)Nc2ccc3c(c2)OCCO3)c1. The first-order valence-corrected chi connectivity index (χ1v) is 8.39. The molecule has 0 saturated carbocycles. The second kappa shape index (κ2) is 7.05. The molecule has 0 radical (unpaired) electrons. The summed E-state index contributed by atoms with van der Waals surface area (Å²) in [7, 11) is 0. The van der Waals surface area contributed by atoms with E-state index in [4.69, 9.17) is 14.2 Å². The van der Waals surface area contributed by atoms with Crippen LogP contribution in [0.15, 0.2) is 30.3 Å². The largest absolute Gasteiger partial charge is 0.486 e. The number of rotatable bonds is 4. The summed E-state index contributed by atoms with van der Waals surface area (Å²) in [5.41, 5.74) is 3.96. The number of fused-ring (bicyclic) bond motifs is 1. The van der Waals surface area contributed by atoms with Gasteiger partial charge in [0.15, 0.2) is 17.6 Å². The zero-order valence-corrected chi connectivity index (χ0v) is 15.0. The fraction of sp³-hybridized carbons (Fsp3) is 0.350. The number of carbonyl (C=O) groups excluding carboxylic acids is 1. The van der Waals surface area contributed by atoms with Gasteiger partial charge in [-0.3, -0.25) is 4.79 Å². The van der Waals surface area contributed by atoms with E-state index >= 15 is 0 Å². The number of benzene rings is 2. The first-order valence-electron chi connectivity index (χ1n) is 8.39. The molecule has 1 atom stereocenters. The van der Waals surface area contributed by atoms with Crippen LogP contribution in [0, 0.1) is 20.8 Å². The van der Waals surface area contributed by atoms with Crippen molar-refractivity contribution in [3.63, 3.8) is 0 Å². The highest BCUT2D eigenvalue weighted by Crippen LogP contribution is 2.32. The van der Waals surface area contributed by atoms with Gasteiger partial charge in [-0.25, -0.2) is 0 Å². The molecule has 0 spiro atoms. The number of hydrogen-bond acceptors (Lipinski definition) is 4. The Morgan fingerprint density at radius 3 is 2.56 bits per heavy atom. The third kappa shape index (κ3) is 3.87. The molecule has 1 aliphatic heterocycles. The molecule has 0 bridgehead atoms. The van der Waals surface area contributed by atoms with Gasteiger partial charge in [-0.15, -0.1) is 0 Å². The summed E-state index contributed by atoms with van der Waals surface area (Å²) in [6.07, 6.45) is -0.617. The first-order chi connectivity index (χ1) is 11.9. The second-order valence-corrected chi connectivity index (χ2v) is 6.31. The molecule has 0 unspecified atom stereocenters. The molecule has 0 fully saturated rings. The molecule has 1 aliphatic rings. The van der Waals surface area contributed by atoms with Gasteiger partial charge >= 0.3 is 0 Å². The lowest BCUT2D eigenvalue weighted by atomic mass is 10.1. The van der Waals surface area contributed by atoms with Crippen LogP contribution in [0.25, 0.3) is 0 Å². The molecule has 2 aromatic carbocycles. The molecular formula is C20H23NO4. The Labute approximate surface area is 147 Å². The van der Waals surface area contributed by atoms with Crippen LogP contribution in [0.2, 0.25) is 0 Å². The summed E-state index contributed by atoms with van der Waals surface area (Å²) in [5.74, 6) is 1.86. The number of ether oxygens (including phenoxy) is 3. The molecule has 1 N–H and O–H groups in total. The minimum atomic E-state index is -0.617. The lowest BCUT2D eigenvalue weighted by Crippen LogP contribution is -2.30. The summed E-state index contributed by atoms with van der Waals surface area (Å²) < 4.78 is 16.9. The lowest BCUT2D eigenvalue weighted by molar-refractivity contribution is -0.122. The molecule has 25 heavy (non-hydrogen) atoms. The lowest BCUT2D eigenvalue weighted by Gasteiger charge is -2.20. The smallest absolute Gasteiger partial charge is 0.265 e. The third-order valence-corrected chi connectivity index (χ3v) is 4.25. The molecule has 0 saturated heterocycles. The number of hydrogen-bond donors (Lipinski definition) is 1. The summed E-state index contributed by atoms with van der Waals surface area (Å²) in [6, 6.07) is 9.41. The van der Waals surface area contributed by atoms with E-state index in [9.17, 15) is 4.79 Å². The Hall–Kier alpha value is -2.69. The van der Waals surface area contributed by atoms with Crippen molar-refractivity contribution in [2.45, 2.75) is 33.8 Å². The van der Waals surface area contributed by atoms with E-state index in [0.29, 0.717) is 30.4 Å². The van der Waals surface area contributed by atoms with Gasteiger partial charge in [-0.2, -0.15) is 0 Å². The predicted molar refractivity (Wildman–Crippen MR) is 96.8 cm³/mol. The normalized spacial score (nSPS) is 13.9. The van der Waals surface area contributed by atoms with Crippen LogP contribution in [0.3, 0.4) is 0 Å². The molecule has 2 aromatic rings. The van der Waals surface area contributed by atoms with Crippen LogP contribution in [-0.4, -0.2) is 25.2 Å². The fourth-order valence-corrected chi connectivity index (χ4v) is 2.73. The highest BCUT2D eigenvalue weighted by atomic mass is 16.6. The monoisotopic (exact) mass is 341 g/mol. The van der Waals surface area contributed by atoms with E-state index in [0.717, 1.165) is 22.4 Å². The van der Waals surface area contributed by atoms with Crippen LogP contribution in [-0.2, 0) is 4.79 Å². The molecular weight excluding hydrogens is 318 g/mol. The minimum absolute atomic E-state index is 0.213. The summed E-state index contributed by atoms with van der Waals surface area (Å²) in [4.78, 5) is 12.5. The van der Waals surface area contributed by atoms with E-state index in [2.05, 4.69) is 11.4 Å². The predicted octanol–water partition coefficient (Wildman–Crippen LogP) is 3.79. The van der Waals surface area contributed by atoms with Gasteiger partial charge < -0.3 is 19.5 Å². The summed E-state index contributed by atoms with van der Waals surface area (Å²) in [5, 5.41) is 2.86. The highest BCUT2D eigenvalue weighted by Gasteiger charge is 2.18. The molecule has 5 heteroatoms. The number of aryl methyl sites for hydroxylation is 2. The third-order valence-electron chi connectivity index (χ3n) is 4.25. The number of amides is 1. The van der Waals surface area contributed by atoms with E-state index in [1.54, 1.807) is 25.1 Å². The van der Waals surface area contributed by atoms with Crippen molar-refractivity contribution in [2.75, 3.05) is 18.5 Å². The van der Waals surface area contributed by atoms with E-state index in [1.165, 1.54) is 0 Å². The van der Waals surface area contributed by atoms with Crippen LogP contribution < -0.4 is 19.5 Å². The molecule has 132 valence electrons. The maximum absolute atomic E-state index is 12.5. The van der Waals surface area contributed by atoms with Gasteiger partial charge in [0.1, 0.15) is 19.0 Å². The van der Waals surface area contributed by atoms with Crippen molar-refractivity contribution in [1.29, 1.82) is 0 Å². The summed E-state index contributed by atoms with van der Waals surface area (Å²) in [6.45, 7) is 8.84. The zero-order valence-electron chi connectivity index (χ0n) is 15.0. The van der Waals surface area contributed by atoms with Crippen molar-refractivity contribution in [3.8, 4) is 17.2 Å². The standard InChI is InChI=1S/C20H23NO4/c1-12-9-13(2)14(3)18(10-12)25-15(4)20(22)21-16-5-6-17-19(11-16)24-8-7-23-17/h5-6,9-11,15H,7-8H2,1-4H3,(H,21,22)/t15-/m1/s1. The fourth-order valence-electron chi connectivity index (χ4n) is 2.73. The maximum Gasteiger partial charge on any atom is 0.265 e. The van der Waals surface area contributed by atoms with Gasteiger partial charge in [-0.1, -0.05) is 6.07 Å². The van der Waals surface area contributed by atoms with E-state index in [1.807, 2.05) is 26.8 Å². The zero-order chi connectivity index (χ0) is 18.0. The van der Waals surface area contributed by atoms with Gasteiger partial charge in [-0.05, 0) is 62.6 Å². The van der Waals surface area contributed by atoms with E-state index < -0.39 is 6.10 Å². The van der Waals surface area contributed by atoms with Gasteiger partial charge in [0.05, 0.1) is 0 Å². The Kier molecular flexibility index (Phi) is 4.83. The van der Waals surface area contributed by atoms with Gasteiger partial charge in [0.25, 0.3) is 5.91 Å². The molecule has 0 aliphatic carbocycles. The molecule has 1 heterocycles. The average molecular weight is 341 g/mol. The van der Waals surface area contributed by atoms with Crippen molar-refractivity contribution < 1.29 is 19.0 Å². The topological polar surface area (TPSA) is 56.8 Å². The Morgan fingerprint density at radius 1 is 1.08 bits per heavy atom.